The van der Waals surface area contributed by atoms with Crippen LogP contribution in [-0.4, -0.2) is 23.0 Å². The molecule has 3 fully saturated rings. The topological polar surface area (TPSA) is 87.7 Å². The summed E-state index contributed by atoms with van der Waals surface area (Å²) in [5.41, 5.74) is 5.29. The lowest BCUT2D eigenvalue weighted by Gasteiger charge is -2.10. The summed E-state index contributed by atoms with van der Waals surface area (Å²) in [4.78, 5) is 11.5. The fourth-order valence-electron chi connectivity index (χ4n) is 3.96. The molecule has 3 rings (SSSR count). The van der Waals surface area contributed by atoms with Crippen molar-refractivity contribution >= 4 is 11.7 Å². The molecule has 0 spiro atoms. The van der Waals surface area contributed by atoms with E-state index in [1.165, 1.54) is 19.3 Å². The van der Waals surface area contributed by atoms with Gasteiger partial charge in [-0.3, -0.25) is 4.79 Å². The van der Waals surface area contributed by atoms with Crippen LogP contribution in [0.2, 0.25) is 0 Å². The van der Waals surface area contributed by atoms with Crippen molar-refractivity contribution in [3.8, 4) is 0 Å². The minimum Gasteiger partial charge on any atom is -0.409 e. The van der Waals surface area contributed by atoms with Crippen LogP contribution in [-0.2, 0) is 4.79 Å². The van der Waals surface area contributed by atoms with Gasteiger partial charge in [-0.15, -0.1) is 0 Å². The van der Waals surface area contributed by atoms with Crippen molar-refractivity contribution in [1.29, 1.82) is 0 Å². The van der Waals surface area contributed by atoms with E-state index in [1.54, 1.807) is 0 Å². The molecule has 0 aliphatic heterocycles. The number of rotatable bonds is 3. The van der Waals surface area contributed by atoms with Gasteiger partial charge >= 0.3 is 0 Å². The van der Waals surface area contributed by atoms with E-state index in [0.29, 0.717) is 6.04 Å². The summed E-state index contributed by atoms with van der Waals surface area (Å²) in [7, 11) is 0. The smallest absolute Gasteiger partial charge is 0.227 e. The van der Waals surface area contributed by atoms with E-state index < -0.39 is 0 Å². The van der Waals surface area contributed by atoms with E-state index in [9.17, 15) is 4.79 Å². The van der Waals surface area contributed by atoms with E-state index in [1.807, 2.05) is 0 Å². The molecule has 16 heavy (non-hydrogen) atoms. The van der Waals surface area contributed by atoms with Crippen LogP contribution >= 0.6 is 0 Å². The van der Waals surface area contributed by atoms with Gasteiger partial charge in [0, 0.05) is 6.04 Å². The molecule has 0 aromatic rings. The third-order valence-corrected chi connectivity index (χ3v) is 4.53. The lowest BCUT2D eigenvalue weighted by Crippen LogP contribution is -2.33. The molecule has 1 amide bonds. The molecule has 0 radical (unpaired) electrons. The van der Waals surface area contributed by atoms with Crippen LogP contribution in [0.4, 0.5) is 0 Å². The molecule has 2 bridgehead atoms. The largest absolute Gasteiger partial charge is 0.409 e. The normalized spacial score (nSPS) is 44.2. The first-order valence-electron chi connectivity index (χ1n) is 5.96. The van der Waals surface area contributed by atoms with Crippen molar-refractivity contribution in [3.05, 3.63) is 0 Å². The molecule has 0 aromatic heterocycles. The molecular weight excluding hydrogens is 206 g/mol. The molecule has 4 atom stereocenters. The number of carbonyl (C=O) groups excluding carboxylic acids is 1. The van der Waals surface area contributed by atoms with Gasteiger partial charge in [0.1, 0.15) is 5.84 Å². The molecule has 4 N–H and O–H groups in total. The Morgan fingerprint density at radius 1 is 1.38 bits per heavy atom. The number of amides is 1. The second-order valence-electron chi connectivity index (χ2n) is 5.35. The van der Waals surface area contributed by atoms with Gasteiger partial charge < -0.3 is 16.3 Å². The zero-order valence-corrected chi connectivity index (χ0v) is 9.10. The fraction of sp³-hybridized carbons (Fsp3) is 0.818. The zero-order valence-electron chi connectivity index (χ0n) is 9.10. The molecule has 0 heterocycles. The number of hydrogen-bond donors (Lipinski definition) is 3. The van der Waals surface area contributed by atoms with Crippen molar-refractivity contribution < 1.29 is 10.0 Å². The summed E-state index contributed by atoms with van der Waals surface area (Å²) in [6.07, 6.45) is 4.07. The van der Waals surface area contributed by atoms with Gasteiger partial charge in [-0.25, -0.2) is 0 Å². The summed E-state index contributed by atoms with van der Waals surface area (Å²) in [5, 5.41) is 14.2. The highest BCUT2D eigenvalue weighted by atomic mass is 16.4. The van der Waals surface area contributed by atoms with Crippen molar-refractivity contribution in [2.75, 3.05) is 0 Å². The molecule has 88 valence electrons. The molecule has 3 aliphatic rings. The Labute approximate surface area is 94.1 Å². The second-order valence-corrected chi connectivity index (χ2v) is 5.35. The third kappa shape index (κ3) is 1.37. The van der Waals surface area contributed by atoms with E-state index >= 15 is 0 Å². The predicted molar refractivity (Wildman–Crippen MR) is 57.8 cm³/mol. The van der Waals surface area contributed by atoms with Gasteiger partial charge in [0.25, 0.3) is 0 Å². The van der Waals surface area contributed by atoms with Crippen LogP contribution in [0.1, 0.15) is 25.7 Å². The van der Waals surface area contributed by atoms with Crippen molar-refractivity contribution in [2.45, 2.75) is 31.7 Å². The number of carbonyl (C=O) groups is 1. The average Bonchev–Trinajstić information content (AvgIpc) is 2.69. The van der Waals surface area contributed by atoms with Crippen LogP contribution in [0, 0.1) is 23.7 Å². The summed E-state index contributed by atoms with van der Waals surface area (Å²) in [6, 6.07) is 0.380. The Kier molecular flexibility index (Phi) is 2.09. The van der Waals surface area contributed by atoms with Crippen LogP contribution < -0.4 is 11.1 Å². The first-order chi connectivity index (χ1) is 7.70. The number of fused-ring (bicyclic) bond motifs is 5. The number of oxime groups is 1. The molecule has 0 aromatic carbocycles. The Morgan fingerprint density at radius 2 is 2.00 bits per heavy atom. The lowest BCUT2D eigenvalue weighted by molar-refractivity contribution is -0.120. The van der Waals surface area contributed by atoms with Crippen molar-refractivity contribution in [3.63, 3.8) is 0 Å². The number of nitrogens with two attached hydrogens (primary N) is 1. The summed E-state index contributed by atoms with van der Waals surface area (Å²) in [5.74, 6) is 3.03. The first-order valence-corrected chi connectivity index (χ1v) is 5.96. The predicted octanol–water partition coefficient (Wildman–Crippen LogP) is 0.284. The molecule has 5 heteroatoms. The summed E-state index contributed by atoms with van der Waals surface area (Å²) >= 11 is 0. The highest BCUT2D eigenvalue weighted by molar-refractivity contribution is 5.98. The first kappa shape index (κ1) is 9.93. The number of hydrogen-bond acceptors (Lipinski definition) is 3. The maximum Gasteiger partial charge on any atom is 0.227 e. The standard InChI is InChI=1S/C11H17N3O2/c12-7(14-16)4-8(15)13-11-9-5-1-2-6(3-5)10(9)11/h5-6,9-11,16H,1-4H2,(H2,12,14)(H,13,15). The SMILES string of the molecule is NC(CC(=O)NC1C2C3CCC(C3)C12)=NO. The minimum atomic E-state index is -0.117. The fourth-order valence-corrected chi connectivity index (χ4v) is 3.96. The quantitative estimate of drug-likeness (QED) is 0.278. The Balaban J connectivity index is 1.53. The maximum absolute atomic E-state index is 11.5. The molecule has 5 nitrogen and oxygen atoms in total. The minimum absolute atomic E-state index is 0.00176. The molecule has 4 unspecified atom stereocenters. The Bertz CT molecular complexity index is 339. The maximum atomic E-state index is 11.5. The van der Waals surface area contributed by atoms with Crippen molar-refractivity contribution in [1.82, 2.24) is 5.32 Å². The zero-order chi connectivity index (χ0) is 11.3. The van der Waals surface area contributed by atoms with Gasteiger partial charge in [-0.05, 0) is 42.9 Å². The van der Waals surface area contributed by atoms with Gasteiger partial charge in [-0.2, -0.15) is 0 Å². The van der Waals surface area contributed by atoms with Crippen LogP contribution in [0.5, 0.6) is 0 Å². The van der Waals surface area contributed by atoms with Crippen LogP contribution in [0.3, 0.4) is 0 Å². The molecule has 3 aliphatic carbocycles. The van der Waals surface area contributed by atoms with Crippen molar-refractivity contribution in [2.24, 2.45) is 34.6 Å². The molecular formula is C11H17N3O2. The van der Waals surface area contributed by atoms with E-state index in [2.05, 4.69) is 10.5 Å². The van der Waals surface area contributed by atoms with E-state index in [0.717, 1.165) is 23.7 Å². The number of amidine groups is 1. The summed E-state index contributed by atoms with van der Waals surface area (Å²) in [6.45, 7) is 0. The second kappa shape index (κ2) is 3.37. The van der Waals surface area contributed by atoms with Crippen LogP contribution in [0.15, 0.2) is 5.16 Å². The average molecular weight is 223 g/mol. The highest BCUT2D eigenvalue weighted by Crippen LogP contribution is 2.65. The van der Waals surface area contributed by atoms with Crippen LogP contribution in [0.25, 0.3) is 0 Å². The van der Waals surface area contributed by atoms with Gasteiger partial charge in [0.05, 0.1) is 6.42 Å². The molecule has 3 saturated carbocycles. The van der Waals surface area contributed by atoms with Gasteiger partial charge in [-0.1, -0.05) is 5.16 Å². The summed E-state index contributed by atoms with van der Waals surface area (Å²) < 4.78 is 0. The van der Waals surface area contributed by atoms with Gasteiger partial charge in [0.2, 0.25) is 5.91 Å². The lowest BCUT2D eigenvalue weighted by atomic mass is 10.0. The number of nitrogens with one attached hydrogen (secondary N) is 1. The monoisotopic (exact) mass is 223 g/mol. The van der Waals surface area contributed by atoms with Gasteiger partial charge in [0.15, 0.2) is 0 Å². The van der Waals surface area contributed by atoms with E-state index in [4.69, 9.17) is 10.9 Å². The Morgan fingerprint density at radius 3 is 2.56 bits per heavy atom. The Hall–Kier alpha value is -1.26. The molecule has 0 saturated heterocycles. The third-order valence-electron chi connectivity index (χ3n) is 4.53. The number of nitrogens with zero attached hydrogens (tertiary/aromatic N) is 1. The highest BCUT2D eigenvalue weighted by Gasteiger charge is 2.65. The van der Waals surface area contributed by atoms with E-state index in [-0.39, 0.29) is 18.2 Å².